The summed E-state index contributed by atoms with van der Waals surface area (Å²) in [6.45, 7) is 4.68. The molecule has 0 radical (unpaired) electrons. The number of rotatable bonds is 68. The zero-order chi connectivity index (χ0) is 60.5. The number of likely N-dealkylation sites (N-methyl/N-ethyl adjacent to an activating group) is 1. The smallest absolute Gasteiger partial charge is 0.268 e. The van der Waals surface area contributed by atoms with E-state index in [1.165, 1.54) is 302 Å². The number of hydrogen-bond donors (Lipinski definition) is 2. The average molecular weight is 1190 g/mol. The second-order valence-electron chi connectivity index (χ2n) is 26.3. The molecule has 0 saturated carbocycles. The summed E-state index contributed by atoms with van der Waals surface area (Å²) < 4.78 is 23.4. The maximum absolute atomic E-state index is 13.0. The fourth-order valence-electron chi connectivity index (χ4n) is 11.1. The molecule has 0 heterocycles. The Kier molecular flexibility index (Phi) is 63.7. The summed E-state index contributed by atoms with van der Waals surface area (Å²) in [4.78, 5) is 25.6. The van der Waals surface area contributed by atoms with E-state index in [1.54, 1.807) is 6.08 Å². The van der Waals surface area contributed by atoms with E-state index < -0.39 is 26.6 Å². The van der Waals surface area contributed by atoms with Crippen molar-refractivity contribution in [3.8, 4) is 0 Å². The first-order chi connectivity index (χ1) is 40.5. The lowest BCUT2D eigenvalue weighted by atomic mass is 10.0. The lowest BCUT2D eigenvalue weighted by molar-refractivity contribution is -0.870. The zero-order valence-electron chi connectivity index (χ0n) is 56.2. The van der Waals surface area contributed by atoms with Gasteiger partial charge < -0.3 is 28.8 Å². The van der Waals surface area contributed by atoms with Gasteiger partial charge in [0.15, 0.2) is 0 Å². The molecule has 3 unspecified atom stereocenters. The Balaban J connectivity index is 4.09. The van der Waals surface area contributed by atoms with Gasteiger partial charge in [-0.15, -0.1) is 0 Å². The molecule has 3 atom stereocenters. The summed E-state index contributed by atoms with van der Waals surface area (Å²) in [6.07, 6.45) is 88.3. The van der Waals surface area contributed by atoms with Gasteiger partial charge in [-0.2, -0.15) is 0 Å². The Labute approximate surface area is 518 Å². The molecule has 490 valence electrons. The van der Waals surface area contributed by atoms with Crippen LogP contribution < -0.4 is 10.2 Å². The number of carbonyl (C=O) groups is 1. The highest BCUT2D eigenvalue weighted by Gasteiger charge is 2.23. The van der Waals surface area contributed by atoms with Crippen LogP contribution in [-0.4, -0.2) is 68.5 Å². The van der Waals surface area contributed by atoms with Crippen molar-refractivity contribution in [2.24, 2.45) is 0 Å². The molecule has 1 amide bonds. The Morgan fingerprint density at radius 2 is 0.675 bits per heavy atom. The fraction of sp³-hybridized carbons (Fsp3) is 0.878. The van der Waals surface area contributed by atoms with E-state index in [-0.39, 0.29) is 12.5 Å². The van der Waals surface area contributed by atoms with Gasteiger partial charge in [0.25, 0.3) is 7.82 Å². The van der Waals surface area contributed by atoms with Crippen molar-refractivity contribution in [2.75, 3.05) is 40.9 Å². The molecular weight excluding hydrogens is 1040 g/mol. The summed E-state index contributed by atoms with van der Waals surface area (Å²) in [5.74, 6) is -0.205. The number of allylic oxidation sites excluding steroid dienone is 7. The second-order valence-corrected chi connectivity index (χ2v) is 27.7. The number of amides is 1. The molecule has 0 spiro atoms. The molecule has 2 N–H and O–H groups in total. The van der Waals surface area contributed by atoms with Crippen molar-refractivity contribution in [1.29, 1.82) is 0 Å². The minimum Gasteiger partial charge on any atom is -0.756 e. The Hall–Kier alpha value is -1.54. The molecule has 9 heteroatoms. The molecule has 0 aliphatic heterocycles. The van der Waals surface area contributed by atoms with Crippen LogP contribution in [0.2, 0.25) is 0 Å². The number of hydrogen-bond acceptors (Lipinski definition) is 6. The number of carbonyl (C=O) groups excluding carboxylic acids is 1. The van der Waals surface area contributed by atoms with Crippen LogP contribution in [0.3, 0.4) is 0 Å². The summed E-state index contributed by atoms with van der Waals surface area (Å²) in [6, 6.07) is -0.912. The van der Waals surface area contributed by atoms with Gasteiger partial charge in [-0.1, -0.05) is 339 Å². The number of quaternary nitrogens is 1. The quantitative estimate of drug-likeness (QED) is 0.0272. The van der Waals surface area contributed by atoms with E-state index >= 15 is 0 Å². The molecule has 0 aliphatic carbocycles. The third-order valence-electron chi connectivity index (χ3n) is 16.7. The van der Waals surface area contributed by atoms with Gasteiger partial charge >= 0.3 is 0 Å². The summed E-state index contributed by atoms with van der Waals surface area (Å²) in [7, 11) is 1.25. The lowest BCUT2D eigenvalue weighted by Gasteiger charge is -2.29. The highest BCUT2D eigenvalue weighted by atomic mass is 31.2. The molecule has 0 bridgehead atoms. The van der Waals surface area contributed by atoms with Gasteiger partial charge in [0.2, 0.25) is 5.91 Å². The third-order valence-corrected chi connectivity index (χ3v) is 17.7. The SMILES string of the molecule is CCCCCCCCCC/C=C\CCCCCCCCCCCCCCCCCCCC(=O)NC(COP(=O)([O-])OCC[N+](C)(C)C)C(O)/C=C/CC/C=C/CC/C=C/CCCCCCCCCCCCCCCCCCCCCCCC. The van der Waals surface area contributed by atoms with Gasteiger partial charge in [-0.05, 0) is 70.6 Å². The highest BCUT2D eigenvalue weighted by Crippen LogP contribution is 2.38. The van der Waals surface area contributed by atoms with E-state index in [2.05, 4.69) is 55.6 Å². The molecule has 0 rings (SSSR count). The van der Waals surface area contributed by atoms with Crippen LogP contribution in [0, 0.1) is 0 Å². The van der Waals surface area contributed by atoms with Gasteiger partial charge in [0.1, 0.15) is 13.2 Å². The average Bonchev–Trinajstić information content (AvgIpc) is 3.50. The van der Waals surface area contributed by atoms with Crippen LogP contribution in [0.1, 0.15) is 367 Å². The Bertz CT molecular complexity index is 1490. The van der Waals surface area contributed by atoms with Crippen molar-refractivity contribution in [1.82, 2.24) is 5.32 Å². The van der Waals surface area contributed by atoms with Gasteiger partial charge in [0, 0.05) is 6.42 Å². The predicted octanol–water partition coefficient (Wildman–Crippen LogP) is 22.8. The van der Waals surface area contributed by atoms with Crippen LogP contribution in [0.4, 0.5) is 0 Å². The van der Waals surface area contributed by atoms with Crippen molar-refractivity contribution >= 4 is 13.7 Å². The minimum absolute atomic E-state index is 0.00824. The minimum atomic E-state index is -4.62. The molecule has 0 aromatic carbocycles. The van der Waals surface area contributed by atoms with E-state index in [9.17, 15) is 19.4 Å². The van der Waals surface area contributed by atoms with Crippen LogP contribution in [0.5, 0.6) is 0 Å². The molecular formula is C74H143N2O6P. The number of phosphoric ester groups is 1. The van der Waals surface area contributed by atoms with E-state index in [0.717, 1.165) is 44.9 Å². The summed E-state index contributed by atoms with van der Waals surface area (Å²) in [5, 5.41) is 13.9. The molecule has 0 aromatic rings. The van der Waals surface area contributed by atoms with E-state index in [0.29, 0.717) is 17.4 Å². The Morgan fingerprint density at radius 3 is 0.976 bits per heavy atom. The van der Waals surface area contributed by atoms with Crippen molar-refractivity contribution in [3.63, 3.8) is 0 Å². The van der Waals surface area contributed by atoms with Crippen LogP contribution in [-0.2, 0) is 18.4 Å². The third kappa shape index (κ3) is 67.8. The zero-order valence-corrected chi connectivity index (χ0v) is 57.1. The van der Waals surface area contributed by atoms with Gasteiger partial charge in [0.05, 0.1) is 39.9 Å². The highest BCUT2D eigenvalue weighted by molar-refractivity contribution is 7.45. The molecule has 83 heavy (non-hydrogen) atoms. The number of phosphoric acid groups is 1. The summed E-state index contributed by atoms with van der Waals surface area (Å²) >= 11 is 0. The van der Waals surface area contributed by atoms with Crippen molar-refractivity contribution in [2.45, 2.75) is 379 Å². The Morgan fingerprint density at radius 1 is 0.410 bits per heavy atom. The molecule has 0 fully saturated rings. The van der Waals surface area contributed by atoms with Crippen LogP contribution in [0.25, 0.3) is 0 Å². The number of nitrogens with zero attached hydrogens (tertiary/aromatic N) is 1. The molecule has 0 aromatic heterocycles. The van der Waals surface area contributed by atoms with E-state index in [1.807, 2.05) is 27.2 Å². The second kappa shape index (κ2) is 64.9. The topological polar surface area (TPSA) is 108 Å². The summed E-state index contributed by atoms with van der Waals surface area (Å²) in [5.41, 5.74) is 0. The first-order valence-corrected chi connectivity index (χ1v) is 38.0. The van der Waals surface area contributed by atoms with Gasteiger partial charge in [-0.25, -0.2) is 0 Å². The van der Waals surface area contributed by atoms with Gasteiger partial charge in [-0.3, -0.25) is 9.36 Å². The monoisotopic (exact) mass is 1190 g/mol. The number of aliphatic hydroxyl groups excluding tert-OH is 1. The van der Waals surface area contributed by atoms with E-state index in [4.69, 9.17) is 9.05 Å². The van der Waals surface area contributed by atoms with Crippen molar-refractivity contribution < 1.29 is 32.9 Å². The van der Waals surface area contributed by atoms with Crippen LogP contribution in [0.15, 0.2) is 48.6 Å². The first kappa shape index (κ1) is 81.5. The predicted molar refractivity (Wildman–Crippen MR) is 362 cm³/mol. The number of unbranched alkanes of at least 4 members (excludes halogenated alkanes) is 49. The molecule has 0 aliphatic rings. The number of aliphatic hydroxyl groups is 1. The maximum Gasteiger partial charge on any atom is 0.268 e. The van der Waals surface area contributed by atoms with Crippen molar-refractivity contribution in [3.05, 3.63) is 48.6 Å². The standard InChI is InChI=1S/C74H143N2O6P/c1-6-8-10-12-14-16-18-20-22-24-26-28-30-32-34-36-37-38-40-41-43-45-47-49-51-53-55-57-59-61-63-65-67-73(77)72(71-82-83(79,80)81-70-69-76(3,4)5)75-74(78)68-66-64-62-60-58-56-54-52-50-48-46-44-42-39-35-33-31-29-27-25-23-21-19-17-15-13-11-9-7-2/h25,27,49,51,57,59,65,67,72-73,77H,6-24,26,28-48,50,52-56,58,60-64,66,68-71H2,1-5H3,(H-,75,78,79,80)/b27-25-,51-49+,59-57+,67-65+. The first-order valence-electron chi connectivity index (χ1n) is 36.5. The molecule has 8 nitrogen and oxygen atoms in total. The molecule has 0 saturated heterocycles. The maximum atomic E-state index is 13.0. The van der Waals surface area contributed by atoms with Crippen LogP contribution >= 0.6 is 7.82 Å². The number of nitrogens with one attached hydrogen (secondary N) is 1. The normalized spacial score (nSPS) is 13.9. The fourth-order valence-corrected chi connectivity index (χ4v) is 11.8. The lowest BCUT2D eigenvalue weighted by Crippen LogP contribution is -2.45. The largest absolute Gasteiger partial charge is 0.756 e.